The van der Waals surface area contributed by atoms with Crippen molar-refractivity contribution in [1.29, 1.82) is 0 Å². The third-order valence-corrected chi connectivity index (χ3v) is 6.48. The van der Waals surface area contributed by atoms with Crippen LogP contribution in [0.15, 0.2) is 42.7 Å². The smallest absolute Gasteiger partial charge is 0.178 e. The molecule has 0 radical (unpaired) electrons. The average molecular weight is 464 g/mol. The summed E-state index contributed by atoms with van der Waals surface area (Å²) in [6.07, 6.45) is 1.61. The van der Waals surface area contributed by atoms with Gasteiger partial charge >= 0.3 is 0 Å². The molecule has 2 aromatic heterocycles. The van der Waals surface area contributed by atoms with Crippen molar-refractivity contribution in [2.45, 2.75) is 20.0 Å². The van der Waals surface area contributed by atoms with Gasteiger partial charge in [-0.2, -0.15) is 0 Å². The van der Waals surface area contributed by atoms with Gasteiger partial charge in [0.2, 0.25) is 0 Å². The van der Waals surface area contributed by atoms with E-state index in [2.05, 4.69) is 78.4 Å². The van der Waals surface area contributed by atoms with Crippen LogP contribution in [0.5, 0.6) is 0 Å². The van der Waals surface area contributed by atoms with E-state index in [9.17, 15) is 0 Å². The highest BCUT2D eigenvalue weighted by Crippen LogP contribution is 2.26. The summed E-state index contributed by atoms with van der Waals surface area (Å²) >= 11 is 5.47. The Labute approximate surface area is 198 Å². The van der Waals surface area contributed by atoms with E-state index in [0.29, 0.717) is 6.54 Å². The molecule has 0 saturated carbocycles. The number of ether oxygens (including phenoxy) is 1. The molecule has 1 aliphatic heterocycles. The Balaban J connectivity index is 1.32. The van der Waals surface area contributed by atoms with Crippen molar-refractivity contribution in [2.75, 3.05) is 50.0 Å². The van der Waals surface area contributed by atoms with Crippen LogP contribution in [0.25, 0.3) is 21.9 Å². The molecule has 4 aromatic rings. The second-order valence-electron chi connectivity index (χ2n) is 8.17. The van der Waals surface area contributed by atoms with Crippen molar-refractivity contribution in [3.05, 3.63) is 53.1 Å². The summed E-state index contributed by atoms with van der Waals surface area (Å²) in [4.78, 5) is 14.8. The van der Waals surface area contributed by atoms with Gasteiger partial charge in [0.05, 0.1) is 29.8 Å². The van der Waals surface area contributed by atoms with E-state index in [4.69, 9.17) is 17.0 Å². The minimum absolute atomic E-state index is 0.664. The first-order valence-electron chi connectivity index (χ1n) is 11.5. The molecule has 1 aliphatic rings. The molecule has 5 rings (SSSR count). The van der Waals surface area contributed by atoms with E-state index in [-0.39, 0.29) is 0 Å². The summed E-state index contributed by atoms with van der Waals surface area (Å²) in [5.41, 5.74) is 5.30. The molecule has 172 valence electrons. The van der Waals surface area contributed by atoms with E-state index >= 15 is 0 Å². The fourth-order valence-corrected chi connectivity index (χ4v) is 4.70. The first-order chi connectivity index (χ1) is 16.2. The number of hydrogen-bond donors (Lipinski definition) is 3. The molecular weight excluding hydrogens is 434 g/mol. The van der Waals surface area contributed by atoms with Crippen LogP contribution in [0.1, 0.15) is 12.5 Å². The lowest BCUT2D eigenvalue weighted by Gasteiger charge is -2.26. The van der Waals surface area contributed by atoms with E-state index in [1.165, 1.54) is 5.56 Å². The van der Waals surface area contributed by atoms with E-state index in [1.54, 1.807) is 6.33 Å². The zero-order valence-electron chi connectivity index (χ0n) is 18.8. The summed E-state index contributed by atoms with van der Waals surface area (Å²) in [7, 11) is 0. The maximum atomic E-state index is 5.47. The Hall–Kier alpha value is -3.01. The number of para-hydroxylation sites is 1. The van der Waals surface area contributed by atoms with Crippen LogP contribution in [-0.4, -0.2) is 63.8 Å². The number of nitrogens with one attached hydrogen (secondary N) is 3. The van der Waals surface area contributed by atoms with Crippen LogP contribution in [-0.2, 0) is 17.8 Å². The average Bonchev–Trinajstić information content (AvgIpc) is 3.16. The fraction of sp³-hybridized carbons (Fsp3) is 0.375. The van der Waals surface area contributed by atoms with Gasteiger partial charge in [-0.25, -0.2) is 9.97 Å². The number of morpholine rings is 1. The van der Waals surface area contributed by atoms with Gasteiger partial charge in [0.15, 0.2) is 4.77 Å². The minimum Gasteiger partial charge on any atom is -0.383 e. The van der Waals surface area contributed by atoms with Crippen molar-refractivity contribution in [3.63, 3.8) is 0 Å². The molecule has 9 heteroatoms. The molecule has 33 heavy (non-hydrogen) atoms. The van der Waals surface area contributed by atoms with Crippen LogP contribution in [0.4, 0.5) is 11.5 Å². The van der Waals surface area contributed by atoms with Gasteiger partial charge < -0.3 is 24.9 Å². The van der Waals surface area contributed by atoms with Crippen molar-refractivity contribution < 1.29 is 4.74 Å². The number of imidazole rings is 1. The summed E-state index contributed by atoms with van der Waals surface area (Å²) in [5.74, 6) is 0.814. The van der Waals surface area contributed by atoms with Gasteiger partial charge in [-0.3, -0.25) is 4.90 Å². The number of fused-ring (bicyclic) bond motifs is 2. The predicted octanol–water partition coefficient (Wildman–Crippen LogP) is 4.02. The van der Waals surface area contributed by atoms with Gasteiger partial charge in [0.1, 0.15) is 12.1 Å². The molecule has 8 nitrogen and oxygen atoms in total. The van der Waals surface area contributed by atoms with E-state index < -0.39 is 0 Å². The summed E-state index contributed by atoms with van der Waals surface area (Å²) in [5, 5.41) is 8.09. The Bertz CT molecular complexity index is 1310. The van der Waals surface area contributed by atoms with Crippen LogP contribution in [0.3, 0.4) is 0 Å². The van der Waals surface area contributed by atoms with Crippen molar-refractivity contribution >= 4 is 45.7 Å². The van der Waals surface area contributed by atoms with E-state index in [1.807, 2.05) is 0 Å². The van der Waals surface area contributed by atoms with Crippen LogP contribution >= 0.6 is 12.2 Å². The van der Waals surface area contributed by atoms with E-state index in [0.717, 1.165) is 84.2 Å². The topological polar surface area (TPSA) is 83.0 Å². The number of hydrogen-bond acceptors (Lipinski definition) is 7. The number of H-pyrrole nitrogens is 1. The summed E-state index contributed by atoms with van der Waals surface area (Å²) in [6.45, 7) is 9.15. The largest absolute Gasteiger partial charge is 0.383 e. The summed E-state index contributed by atoms with van der Waals surface area (Å²) < 4.78 is 8.24. The van der Waals surface area contributed by atoms with Gasteiger partial charge in [-0.05, 0) is 42.9 Å². The monoisotopic (exact) mass is 463 g/mol. The molecule has 3 N–H and O–H groups in total. The number of aromatic nitrogens is 4. The Morgan fingerprint density at radius 1 is 1.12 bits per heavy atom. The highest BCUT2D eigenvalue weighted by atomic mass is 32.1. The number of aromatic amines is 1. The first-order valence-corrected chi connectivity index (χ1v) is 11.9. The molecule has 0 unspecified atom stereocenters. The van der Waals surface area contributed by atoms with Crippen LogP contribution < -0.4 is 10.6 Å². The molecule has 1 fully saturated rings. The number of benzene rings is 2. The molecule has 0 bridgehead atoms. The maximum Gasteiger partial charge on any atom is 0.178 e. The highest BCUT2D eigenvalue weighted by molar-refractivity contribution is 7.71. The van der Waals surface area contributed by atoms with Crippen LogP contribution in [0, 0.1) is 4.77 Å². The minimum atomic E-state index is 0.664. The SMILES string of the molecule is CCn1c(=S)[nH]c2cc3c(NCc4ccccc4NCCN4CCOCC4)ncnc3cc21. The number of anilines is 2. The molecule has 0 aliphatic carbocycles. The normalized spacial score (nSPS) is 14.7. The van der Waals surface area contributed by atoms with Crippen molar-refractivity contribution in [2.24, 2.45) is 0 Å². The second-order valence-corrected chi connectivity index (χ2v) is 8.56. The molecule has 3 heterocycles. The lowest BCUT2D eigenvalue weighted by Crippen LogP contribution is -2.39. The number of rotatable bonds is 8. The predicted molar refractivity (Wildman–Crippen MR) is 135 cm³/mol. The van der Waals surface area contributed by atoms with Gasteiger partial charge in [0, 0.05) is 50.3 Å². The Morgan fingerprint density at radius 2 is 1.97 bits per heavy atom. The zero-order valence-corrected chi connectivity index (χ0v) is 19.6. The van der Waals surface area contributed by atoms with Crippen molar-refractivity contribution in [3.8, 4) is 0 Å². The van der Waals surface area contributed by atoms with Gasteiger partial charge in [-0.15, -0.1) is 0 Å². The molecular formula is C24H29N7OS. The van der Waals surface area contributed by atoms with Crippen LogP contribution in [0.2, 0.25) is 0 Å². The molecule has 0 spiro atoms. The standard InChI is InChI=1S/C24H29N7OS/c1-2-31-22-14-20-18(13-21(22)29-24(31)33)23(28-16-27-20)26-15-17-5-3-4-6-19(17)25-7-8-30-9-11-32-12-10-30/h3-6,13-14,16,25H,2,7-12,15H2,1H3,(H,29,33)(H,26,27,28). The first kappa shape index (κ1) is 21.8. The molecule has 0 amide bonds. The third kappa shape index (κ3) is 4.71. The van der Waals surface area contributed by atoms with Gasteiger partial charge in [0.25, 0.3) is 0 Å². The third-order valence-electron chi connectivity index (χ3n) is 6.16. The molecule has 2 aromatic carbocycles. The number of nitrogens with zero attached hydrogens (tertiary/aromatic N) is 4. The number of aryl methyl sites for hydroxylation is 1. The molecule has 1 saturated heterocycles. The zero-order chi connectivity index (χ0) is 22.6. The quantitative estimate of drug-likeness (QED) is 0.341. The lowest BCUT2D eigenvalue weighted by atomic mass is 10.1. The Kier molecular flexibility index (Phi) is 6.52. The van der Waals surface area contributed by atoms with Crippen molar-refractivity contribution in [1.82, 2.24) is 24.4 Å². The Morgan fingerprint density at radius 3 is 2.82 bits per heavy atom. The molecule has 0 atom stereocenters. The highest BCUT2D eigenvalue weighted by Gasteiger charge is 2.12. The fourth-order valence-electron chi connectivity index (χ4n) is 4.36. The maximum absolute atomic E-state index is 5.47. The second kappa shape index (κ2) is 9.86. The van der Waals surface area contributed by atoms with Gasteiger partial charge in [-0.1, -0.05) is 18.2 Å². The summed E-state index contributed by atoms with van der Waals surface area (Å²) in [6, 6.07) is 12.6. The lowest BCUT2D eigenvalue weighted by molar-refractivity contribution is 0.0398.